The molecule has 0 aromatic carbocycles. The van der Waals surface area contributed by atoms with Crippen LogP contribution >= 0.6 is 0 Å². The number of pyridine rings is 1. The van der Waals surface area contributed by atoms with Gasteiger partial charge in [-0.1, -0.05) is 13.3 Å². The number of nitrogens with zero attached hydrogens (tertiary/aromatic N) is 4. The minimum atomic E-state index is -0.0270. The number of aryl methyl sites for hydroxylation is 2. The summed E-state index contributed by atoms with van der Waals surface area (Å²) in [6.45, 7) is 6.80. The second-order valence-corrected chi connectivity index (χ2v) is 5.13. The van der Waals surface area contributed by atoms with Gasteiger partial charge in [-0.3, -0.25) is 0 Å². The number of rotatable bonds is 5. The van der Waals surface area contributed by atoms with E-state index in [1.54, 1.807) is 0 Å². The molecule has 0 spiro atoms. The van der Waals surface area contributed by atoms with E-state index < -0.39 is 0 Å². The third kappa shape index (κ3) is 2.93. The number of fused-ring (bicyclic) bond motifs is 1. The highest BCUT2D eigenvalue weighted by atomic mass is 15.1. The molecule has 0 aliphatic rings. The molecule has 19 heavy (non-hydrogen) atoms. The van der Waals surface area contributed by atoms with E-state index in [1.807, 2.05) is 20.0 Å². The summed E-state index contributed by atoms with van der Waals surface area (Å²) in [5, 5.41) is 9.01. The Bertz CT molecular complexity index is 606. The van der Waals surface area contributed by atoms with Crippen LogP contribution in [-0.2, 0) is 13.0 Å². The summed E-state index contributed by atoms with van der Waals surface area (Å²) in [7, 11) is 0. The molecule has 2 rings (SSSR count). The minimum Gasteiger partial charge on any atom is -0.311 e. The standard InChI is InChI=1S/C15H20N4/c1-4-5-6-14-18-13-7-11(2)9-17-15(13)19(14)10-12(3)8-16/h7,9,12H,4-6,10H2,1-3H3. The first-order valence-electron chi connectivity index (χ1n) is 6.87. The zero-order chi connectivity index (χ0) is 13.8. The Kier molecular flexibility index (Phi) is 4.16. The zero-order valence-corrected chi connectivity index (χ0v) is 11.8. The Hall–Kier alpha value is -1.89. The second-order valence-electron chi connectivity index (χ2n) is 5.13. The number of unbranched alkanes of at least 4 members (excludes halogenated alkanes) is 1. The topological polar surface area (TPSA) is 54.5 Å². The Labute approximate surface area is 114 Å². The average Bonchev–Trinajstić information content (AvgIpc) is 2.73. The van der Waals surface area contributed by atoms with E-state index in [1.165, 1.54) is 0 Å². The molecular formula is C15H20N4. The molecule has 0 fully saturated rings. The lowest BCUT2D eigenvalue weighted by molar-refractivity contribution is 0.559. The third-order valence-corrected chi connectivity index (χ3v) is 3.23. The Balaban J connectivity index is 2.45. The molecule has 2 aromatic rings. The number of hydrogen-bond donors (Lipinski definition) is 0. The molecule has 2 aromatic heterocycles. The largest absolute Gasteiger partial charge is 0.311 e. The smallest absolute Gasteiger partial charge is 0.160 e. The SMILES string of the molecule is CCCCc1nc2cc(C)cnc2n1CC(C)C#N. The van der Waals surface area contributed by atoms with Crippen molar-refractivity contribution in [2.45, 2.75) is 46.6 Å². The van der Waals surface area contributed by atoms with Crippen LogP contribution < -0.4 is 0 Å². The maximum Gasteiger partial charge on any atom is 0.160 e. The number of aromatic nitrogens is 3. The predicted molar refractivity (Wildman–Crippen MR) is 75.7 cm³/mol. The molecule has 4 nitrogen and oxygen atoms in total. The molecular weight excluding hydrogens is 236 g/mol. The lowest BCUT2D eigenvalue weighted by atomic mass is 10.2. The van der Waals surface area contributed by atoms with E-state index in [0.717, 1.165) is 41.8 Å². The number of hydrogen-bond acceptors (Lipinski definition) is 3. The summed E-state index contributed by atoms with van der Waals surface area (Å²) < 4.78 is 2.11. The normalized spacial score (nSPS) is 12.5. The van der Waals surface area contributed by atoms with E-state index >= 15 is 0 Å². The van der Waals surface area contributed by atoms with Gasteiger partial charge < -0.3 is 4.57 Å². The quantitative estimate of drug-likeness (QED) is 0.825. The van der Waals surface area contributed by atoms with Gasteiger partial charge in [0.25, 0.3) is 0 Å². The highest BCUT2D eigenvalue weighted by Crippen LogP contribution is 2.18. The Morgan fingerprint density at radius 3 is 2.95 bits per heavy atom. The van der Waals surface area contributed by atoms with Gasteiger partial charge in [0.1, 0.15) is 11.3 Å². The van der Waals surface area contributed by atoms with Crippen LogP contribution in [0.3, 0.4) is 0 Å². The van der Waals surface area contributed by atoms with Crippen molar-refractivity contribution in [3.8, 4) is 6.07 Å². The average molecular weight is 256 g/mol. The van der Waals surface area contributed by atoms with Crippen molar-refractivity contribution in [3.63, 3.8) is 0 Å². The van der Waals surface area contributed by atoms with Gasteiger partial charge in [0.05, 0.1) is 12.0 Å². The monoisotopic (exact) mass is 256 g/mol. The van der Waals surface area contributed by atoms with Gasteiger partial charge in [0, 0.05) is 19.2 Å². The molecule has 1 unspecified atom stereocenters. The van der Waals surface area contributed by atoms with Crippen molar-refractivity contribution in [3.05, 3.63) is 23.7 Å². The molecule has 0 radical (unpaired) electrons. The maximum atomic E-state index is 9.01. The van der Waals surface area contributed by atoms with E-state index in [-0.39, 0.29) is 5.92 Å². The van der Waals surface area contributed by atoms with Crippen molar-refractivity contribution in [2.24, 2.45) is 5.92 Å². The van der Waals surface area contributed by atoms with Crippen LogP contribution in [0.25, 0.3) is 11.2 Å². The van der Waals surface area contributed by atoms with Gasteiger partial charge in [0.2, 0.25) is 0 Å². The lowest BCUT2D eigenvalue weighted by Crippen LogP contribution is -2.10. The first-order valence-corrected chi connectivity index (χ1v) is 6.87. The molecule has 4 heteroatoms. The highest BCUT2D eigenvalue weighted by molar-refractivity contribution is 5.72. The Morgan fingerprint density at radius 2 is 2.26 bits per heavy atom. The molecule has 0 N–H and O–H groups in total. The first-order chi connectivity index (χ1) is 9.15. The maximum absolute atomic E-state index is 9.01. The molecule has 100 valence electrons. The fraction of sp³-hybridized carbons (Fsp3) is 0.533. The summed E-state index contributed by atoms with van der Waals surface area (Å²) in [5.41, 5.74) is 2.96. The first kappa shape index (κ1) is 13.5. The molecule has 2 heterocycles. The zero-order valence-electron chi connectivity index (χ0n) is 11.8. The molecule has 0 aliphatic heterocycles. The second kappa shape index (κ2) is 5.83. The predicted octanol–water partition coefficient (Wildman–Crippen LogP) is 3.24. The van der Waals surface area contributed by atoms with Crippen molar-refractivity contribution in [2.75, 3.05) is 0 Å². The van der Waals surface area contributed by atoms with Crippen molar-refractivity contribution >= 4 is 11.2 Å². The molecule has 0 saturated heterocycles. The molecule has 0 amide bonds. The van der Waals surface area contributed by atoms with Gasteiger partial charge in [-0.25, -0.2) is 9.97 Å². The van der Waals surface area contributed by atoms with E-state index in [4.69, 9.17) is 5.26 Å². The van der Waals surface area contributed by atoms with Crippen LogP contribution in [0.5, 0.6) is 0 Å². The van der Waals surface area contributed by atoms with Gasteiger partial charge in [0.15, 0.2) is 5.65 Å². The van der Waals surface area contributed by atoms with E-state index in [2.05, 4.69) is 33.6 Å². The van der Waals surface area contributed by atoms with Crippen LogP contribution in [-0.4, -0.2) is 14.5 Å². The van der Waals surface area contributed by atoms with Gasteiger partial charge >= 0.3 is 0 Å². The third-order valence-electron chi connectivity index (χ3n) is 3.23. The van der Waals surface area contributed by atoms with Crippen molar-refractivity contribution in [1.29, 1.82) is 5.26 Å². The van der Waals surface area contributed by atoms with E-state index in [9.17, 15) is 0 Å². The molecule has 0 aliphatic carbocycles. The number of nitriles is 1. The summed E-state index contributed by atoms with van der Waals surface area (Å²) in [4.78, 5) is 9.18. The number of imidazole rings is 1. The van der Waals surface area contributed by atoms with Crippen LogP contribution in [0.15, 0.2) is 12.3 Å². The Morgan fingerprint density at radius 1 is 1.47 bits per heavy atom. The summed E-state index contributed by atoms with van der Waals surface area (Å²) in [6, 6.07) is 4.35. The van der Waals surface area contributed by atoms with Gasteiger partial charge in [-0.15, -0.1) is 0 Å². The minimum absolute atomic E-state index is 0.0270. The van der Waals surface area contributed by atoms with Crippen LogP contribution in [0.2, 0.25) is 0 Å². The van der Waals surface area contributed by atoms with Crippen molar-refractivity contribution < 1.29 is 0 Å². The molecule has 0 saturated carbocycles. The summed E-state index contributed by atoms with van der Waals surface area (Å²) in [6.07, 6.45) is 5.07. The highest BCUT2D eigenvalue weighted by Gasteiger charge is 2.13. The molecule has 1 atom stereocenters. The summed E-state index contributed by atoms with van der Waals surface area (Å²) >= 11 is 0. The van der Waals surface area contributed by atoms with Gasteiger partial charge in [-0.2, -0.15) is 5.26 Å². The lowest BCUT2D eigenvalue weighted by Gasteiger charge is -2.09. The summed E-state index contributed by atoms with van der Waals surface area (Å²) in [5.74, 6) is 1.03. The fourth-order valence-corrected chi connectivity index (χ4v) is 2.19. The van der Waals surface area contributed by atoms with Gasteiger partial charge in [-0.05, 0) is 31.9 Å². The van der Waals surface area contributed by atoms with E-state index in [0.29, 0.717) is 6.54 Å². The fourth-order valence-electron chi connectivity index (χ4n) is 2.19. The van der Waals surface area contributed by atoms with Crippen LogP contribution in [0, 0.1) is 24.2 Å². The van der Waals surface area contributed by atoms with Crippen LogP contribution in [0.1, 0.15) is 38.1 Å². The molecule has 0 bridgehead atoms. The van der Waals surface area contributed by atoms with Crippen molar-refractivity contribution in [1.82, 2.24) is 14.5 Å². The van der Waals surface area contributed by atoms with Crippen LogP contribution in [0.4, 0.5) is 0 Å².